The molecular formula is C22H25FN4O2. The lowest BCUT2D eigenvalue weighted by atomic mass is 10.1. The van der Waals surface area contributed by atoms with Gasteiger partial charge >= 0.3 is 0 Å². The van der Waals surface area contributed by atoms with Gasteiger partial charge in [0.05, 0.1) is 11.2 Å². The van der Waals surface area contributed by atoms with Crippen molar-refractivity contribution in [1.82, 2.24) is 14.9 Å². The maximum Gasteiger partial charge on any atom is 0.128 e. The van der Waals surface area contributed by atoms with E-state index in [2.05, 4.69) is 34.0 Å². The quantitative estimate of drug-likeness (QED) is 0.691. The minimum Gasteiger partial charge on any atom is -0.491 e. The number of aromatic nitrogens is 2. The summed E-state index contributed by atoms with van der Waals surface area (Å²) in [6.45, 7) is 3.19. The zero-order chi connectivity index (χ0) is 20.2. The van der Waals surface area contributed by atoms with Crippen LogP contribution in [0.25, 0.3) is 22.2 Å². The molecule has 1 aromatic carbocycles. The van der Waals surface area contributed by atoms with Gasteiger partial charge in [0.25, 0.3) is 0 Å². The van der Waals surface area contributed by atoms with Crippen molar-refractivity contribution in [3.8, 4) is 17.0 Å². The van der Waals surface area contributed by atoms with E-state index in [1.54, 1.807) is 6.07 Å². The Morgan fingerprint density at radius 1 is 1.10 bits per heavy atom. The van der Waals surface area contributed by atoms with E-state index >= 15 is 0 Å². The number of anilines is 1. The molecule has 29 heavy (non-hydrogen) atoms. The van der Waals surface area contributed by atoms with Crippen LogP contribution in [0.4, 0.5) is 10.2 Å². The first-order chi connectivity index (χ1) is 14.1. The highest BCUT2D eigenvalue weighted by Crippen LogP contribution is 2.25. The van der Waals surface area contributed by atoms with Crippen LogP contribution in [0.2, 0.25) is 0 Å². The van der Waals surface area contributed by atoms with Gasteiger partial charge in [0, 0.05) is 43.3 Å². The summed E-state index contributed by atoms with van der Waals surface area (Å²) >= 11 is 0. The first kappa shape index (κ1) is 19.5. The second-order valence-electron chi connectivity index (χ2n) is 7.37. The van der Waals surface area contributed by atoms with Gasteiger partial charge in [0.1, 0.15) is 31.0 Å². The molecule has 0 spiro atoms. The fraction of sp³-hybridized carbons (Fsp3) is 0.364. The van der Waals surface area contributed by atoms with E-state index in [-0.39, 0.29) is 6.61 Å². The Balaban J connectivity index is 1.49. The molecule has 2 aromatic heterocycles. The Morgan fingerprint density at radius 2 is 1.93 bits per heavy atom. The highest BCUT2D eigenvalue weighted by molar-refractivity contribution is 5.82. The van der Waals surface area contributed by atoms with Crippen molar-refractivity contribution in [3.63, 3.8) is 0 Å². The summed E-state index contributed by atoms with van der Waals surface area (Å²) < 4.78 is 17.8. The Morgan fingerprint density at radius 3 is 2.66 bits per heavy atom. The number of aliphatic hydroxyl groups is 1. The molecule has 7 heteroatoms. The Labute approximate surface area is 169 Å². The average molecular weight is 396 g/mol. The number of piperazine rings is 1. The third-order valence-electron chi connectivity index (χ3n) is 5.15. The third kappa shape index (κ3) is 4.63. The average Bonchev–Trinajstić information content (AvgIpc) is 2.77. The van der Waals surface area contributed by atoms with Gasteiger partial charge in [0.2, 0.25) is 0 Å². The van der Waals surface area contributed by atoms with Crippen LogP contribution in [0.5, 0.6) is 5.75 Å². The molecule has 1 N–H and O–H groups in total. The molecule has 0 radical (unpaired) electrons. The molecule has 0 bridgehead atoms. The predicted molar refractivity (Wildman–Crippen MR) is 112 cm³/mol. The highest BCUT2D eigenvalue weighted by atomic mass is 19.1. The fourth-order valence-corrected chi connectivity index (χ4v) is 3.35. The van der Waals surface area contributed by atoms with E-state index in [4.69, 9.17) is 9.72 Å². The van der Waals surface area contributed by atoms with Gasteiger partial charge in [-0.05, 0) is 43.4 Å². The molecule has 3 heterocycles. The van der Waals surface area contributed by atoms with Crippen LogP contribution in [-0.2, 0) is 0 Å². The first-order valence-electron chi connectivity index (χ1n) is 9.80. The summed E-state index contributed by atoms with van der Waals surface area (Å²) in [5.74, 6) is 1.58. The SMILES string of the molecule is CN1CCN(c2ccc(-c3ccc4cc(OCC(O)CF)ccc4n3)cn2)CC1. The minimum absolute atomic E-state index is 0.0706. The number of fused-ring (bicyclic) bond motifs is 1. The second kappa shape index (κ2) is 8.71. The molecule has 1 unspecified atom stereocenters. The van der Waals surface area contributed by atoms with Gasteiger partial charge in [-0.15, -0.1) is 0 Å². The number of likely N-dealkylation sites (N-methyl/N-ethyl adjacent to an activating group) is 1. The van der Waals surface area contributed by atoms with Gasteiger partial charge in [0.15, 0.2) is 0 Å². The van der Waals surface area contributed by atoms with E-state index in [1.165, 1.54) is 0 Å². The van der Waals surface area contributed by atoms with Crippen LogP contribution in [0.15, 0.2) is 48.7 Å². The molecule has 1 aliphatic rings. The molecule has 1 saturated heterocycles. The summed E-state index contributed by atoms with van der Waals surface area (Å²) in [6, 6.07) is 13.5. The van der Waals surface area contributed by atoms with E-state index in [9.17, 15) is 9.50 Å². The summed E-state index contributed by atoms with van der Waals surface area (Å²) in [6.07, 6.45) is 0.769. The van der Waals surface area contributed by atoms with Crippen LogP contribution in [0.3, 0.4) is 0 Å². The molecule has 4 rings (SSSR count). The zero-order valence-electron chi connectivity index (χ0n) is 16.5. The highest BCUT2D eigenvalue weighted by Gasteiger charge is 2.15. The second-order valence-corrected chi connectivity index (χ2v) is 7.37. The molecule has 1 aliphatic heterocycles. The van der Waals surface area contributed by atoms with Crippen molar-refractivity contribution in [2.24, 2.45) is 0 Å². The maximum absolute atomic E-state index is 12.3. The number of alkyl halides is 1. The van der Waals surface area contributed by atoms with Crippen LogP contribution in [0.1, 0.15) is 0 Å². The number of benzene rings is 1. The summed E-state index contributed by atoms with van der Waals surface area (Å²) in [7, 11) is 2.14. The molecule has 0 saturated carbocycles. The topological polar surface area (TPSA) is 61.7 Å². The largest absolute Gasteiger partial charge is 0.491 e. The van der Waals surface area contributed by atoms with E-state index in [0.29, 0.717) is 5.75 Å². The van der Waals surface area contributed by atoms with Crippen LogP contribution >= 0.6 is 0 Å². The molecule has 6 nitrogen and oxygen atoms in total. The lowest BCUT2D eigenvalue weighted by molar-refractivity contribution is 0.0842. The Hall–Kier alpha value is -2.77. The number of ether oxygens (including phenoxy) is 1. The molecule has 0 aliphatic carbocycles. The van der Waals surface area contributed by atoms with E-state index in [0.717, 1.165) is 54.2 Å². The first-order valence-corrected chi connectivity index (χ1v) is 9.80. The standard InChI is InChI=1S/C22H25FN4O2/c1-26-8-10-27(11-9-26)22-7-3-17(14-24-22)21-5-2-16-12-19(4-6-20(16)25-21)29-15-18(28)13-23/h2-7,12,14,18,28H,8-11,13,15H2,1H3. The van der Waals surface area contributed by atoms with Crippen LogP contribution in [-0.4, -0.2) is 72.6 Å². The number of hydrogen-bond acceptors (Lipinski definition) is 6. The molecule has 1 fully saturated rings. The normalized spacial score (nSPS) is 16.2. The number of rotatable bonds is 6. The van der Waals surface area contributed by atoms with Gasteiger partial charge in [-0.2, -0.15) is 0 Å². The molecular weight excluding hydrogens is 371 g/mol. The van der Waals surface area contributed by atoms with Gasteiger partial charge in [-0.1, -0.05) is 6.07 Å². The molecule has 0 amide bonds. The van der Waals surface area contributed by atoms with Crippen LogP contribution in [0, 0.1) is 0 Å². The third-order valence-corrected chi connectivity index (χ3v) is 5.15. The maximum atomic E-state index is 12.3. The Bertz CT molecular complexity index is 959. The summed E-state index contributed by atoms with van der Waals surface area (Å²) in [4.78, 5) is 14.0. The monoisotopic (exact) mass is 396 g/mol. The number of pyridine rings is 2. The van der Waals surface area contributed by atoms with Crippen molar-refractivity contribution in [2.45, 2.75) is 6.10 Å². The van der Waals surface area contributed by atoms with E-state index in [1.807, 2.05) is 30.5 Å². The van der Waals surface area contributed by atoms with Crippen molar-refractivity contribution in [2.75, 3.05) is 51.4 Å². The van der Waals surface area contributed by atoms with Gasteiger partial charge in [-0.25, -0.2) is 14.4 Å². The molecule has 152 valence electrons. The van der Waals surface area contributed by atoms with Crippen molar-refractivity contribution in [1.29, 1.82) is 0 Å². The zero-order valence-corrected chi connectivity index (χ0v) is 16.5. The molecule has 3 aromatic rings. The lowest BCUT2D eigenvalue weighted by Crippen LogP contribution is -2.44. The smallest absolute Gasteiger partial charge is 0.128 e. The predicted octanol–water partition coefficient (Wildman–Crippen LogP) is 2.76. The van der Waals surface area contributed by atoms with Crippen LogP contribution < -0.4 is 9.64 Å². The number of aliphatic hydroxyl groups excluding tert-OH is 1. The number of nitrogens with zero attached hydrogens (tertiary/aromatic N) is 4. The van der Waals surface area contributed by atoms with Crippen molar-refractivity contribution in [3.05, 3.63) is 48.7 Å². The summed E-state index contributed by atoms with van der Waals surface area (Å²) in [5, 5.41) is 10.2. The number of halogens is 1. The lowest BCUT2D eigenvalue weighted by Gasteiger charge is -2.33. The van der Waals surface area contributed by atoms with Crippen molar-refractivity contribution >= 4 is 16.7 Å². The van der Waals surface area contributed by atoms with Gasteiger partial charge in [-0.3, -0.25) is 0 Å². The fourth-order valence-electron chi connectivity index (χ4n) is 3.35. The van der Waals surface area contributed by atoms with Crippen molar-refractivity contribution < 1.29 is 14.2 Å². The summed E-state index contributed by atoms with van der Waals surface area (Å²) in [5.41, 5.74) is 2.66. The number of hydrogen-bond donors (Lipinski definition) is 1. The van der Waals surface area contributed by atoms with E-state index < -0.39 is 12.8 Å². The molecule has 1 atom stereocenters. The Kier molecular flexibility index (Phi) is 5.87. The van der Waals surface area contributed by atoms with Gasteiger partial charge < -0.3 is 19.6 Å². The minimum atomic E-state index is -1.10.